The van der Waals surface area contributed by atoms with Crippen LogP contribution in [0.4, 0.5) is 5.69 Å². The van der Waals surface area contributed by atoms with Crippen LogP contribution in [0.25, 0.3) is 0 Å². The smallest absolute Gasteiger partial charge is 0.256 e. The maximum absolute atomic E-state index is 12.2. The third-order valence-electron chi connectivity index (χ3n) is 6.68. The molecular weight excluding hydrogens is 530 g/mol. The van der Waals surface area contributed by atoms with E-state index in [9.17, 15) is 9.59 Å². The Balaban J connectivity index is 0.000000203. The molecule has 0 unspecified atom stereocenters. The van der Waals surface area contributed by atoms with Crippen LogP contribution in [-0.2, 0) is 12.8 Å². The van der Waals surface area contributed by atoms with E-state index in [1.54, 1.807) is 43.5 Å². The topological polar surface area (TPSA) is 99.7 Å². The molecule has 1 saturated carbocycles. The van der Waals surface area contributed by atoms with E-state index in [-0.39, 0.29) is 11.8 Å². The molecule has 4 N–H and O–H groups in total. The standard InChI is InChI=1S/C15H15NOS.C14H20N2O2S.CH4O/c17-15(16-11-6-2-1-3-7-11)13-10-18-14-9-5-4-8-12(13)14;1-15-14(17)10-7-8-12(18-2)13(9-10)19-16-11-5-3-4-6-11;1-2/h1-3,6-7,10H,4-5,8-9H2,(H,16,17);7-9,11,16H,3-6H2,1-2H3,(H,15,17);2H,1H3. The summed E-state index contributed by atoms with van der Waals surface area (Å²) in [4.78, 5) is 26.2. The Bertz CT molecular complexity index is 1190. The largest absolute Gasteiger partial charge is 0.496 e. The van der Waals surface area contributed by atoms with Crippen LogP contribution in [0.3, 0.4) is 0 Å². The Labute approximate surface area is 239 Å². The number of hydrogen-bond acceptors (Lipinski definition) is 7. The number of ether oxygens (including phenoxy) is 1. The zero-order valence-corrected chi connectivity index (χ0v) is 24.6. The van der Waals surface area contributed by atoms with Crippen molar-refractivity contribution in [1.82, 2.24) is 10.0 Å². The van der Waals surface area contributed by atoms with Gasteiger partial charge in [-0.05, 0) is 86.4 Å². The van der Waals surface area contributed by atoms with Crippen LogP contribution in [-0.4, -0.2) is 44.2 Å². The molecule has 2 aliphatic rings. The van der Waals surface area contributed by atoms with Gasteiger partial charge in [0, 0.05) is 41.7 Å². The number of aryl methyl sites for hydroxylation is 1. The predicted octanol–water partition coefficient (Wildman–Crippen LogP) is 6.08. The maximum atomic E-state index is 12.2. The van der Waals surface area contributed by atoms with Crippen LogP contribution >= 0.6 is 23.3 Å². The van der Waals surface area contributed by atoms with E-state index in [0.29, 0.717) is 11.6 Å². The van der Waals surface area contributed by atoms with Crippen molar-refractivity contribution in [2.24, 2.45) is 0 Å². The van der Waals surface area contributed by atoms with E-state index < -0.39 is 0 Å². The van der Waals surface area contributed by atoms with Crippen molar-refractivity contribution in [2.75, 3.05) is 26.6 Å². The van der Waals surface area contributed by atoms with Crippen LogP contribution in [0.15, 0.2) is 58.8 Å². The molecule has 2 aliphatic carbocycles. The Morgan fingerprint density at radius 3 is 2.38 bits per heavy atom. The van der Waals surface area contributed by atoms with Crippen molar-refractivity contribution >= 4 is 40.8 Å². The van der Waals surface area contributed by atoms with Crippen LogP contribution in [0.5, 0.6) is 5.75 Å². The van der Waals surface area contributed by atoms with Gasteiger partial charge in [-0.15, -0.1) is 11.3 Å². The Morgan fingerprint density at radius 2 is 1.69 bits per heavy atom. The Kier molecular flexibility index (Phi) is 12.8. The molecule has 5 rings (SSSR count). The van der Waals surface area contributed by atoms with Crippen molar-refractivity contribution in [1.29, 1.82) is 0 Å². The lowest BCUT2D eigenvalue weighted by atomic mass is 9.95. The van der Waals surface area contributed by atoms with Gasteiger partial charge in [-0.3, -0.25) is 14.3 Å². The molecule has 0 radical (unpaired) electrons. The number of aliphatic hydroxyl groups excluding tert-OH is 1. The average Bonchev–Trinajstić information content (AvgIpc) is 3.68. The SMILES string of the molecule is CNC(=O)c1ccc(OC)c(SNC2CCCC2)c1.CO.O=C(Nc1ccccc1)c1csc2c1CCCC2. The van der Waals surface area contributed by atoms with Gasteiger partial charge in [-0.25, -0.2) is 0 Å². The zero-order valence-electron chi connectivity index (χ0n) is 22.9. The number of anilines is 1. The van der Waals surface area contributed by atoms with Gasteiger partial charge in [0.2, 0.25) is 0 Å². The number of aliphatic hydroxyl groups is 1. The fourth-order valence-corrected chi connectivity index (χ4v) is 6.73. The second-order valence-electron chi connectivity index (χ2n) is 9.22. The minimum atomic E-state index is -0.0784. The van der Waals surface area contributed by atoms with Crippen molar-refractivity contribution in [3.05, 3.63) is 75.5 Å². The predicted molar refractivity (Wildman–Crippen MR) is 161 cm³/mol. The summed E-state index contributed by atoms with van der Waals surface area (Å²) >= 11 is 3.29. The number of para-hydroxylation sites is 1. The Hall–Kier alpha value is -2.85. The fraction of sp³-hybridized carbons (Fsp3) is 0.400. The number of benzene rings is 2. The molecule has 39 heavy (non-hydrogen) atoms. The highest BCUT2D eigenvalue weighted by Gasteiger charge is 2.20. The van der Waals surface area contributed by atoms with Gasteiger partial charge in [0.15, 0.2) is 0 Å². The average molecular weight is 570 g/mol. The number of nitrogens with one attached hydrogen (secondary N) is 3. The number of amides is 2. The molecular formula is C30H39N3O4S2. The summed E-state index contributed by atoms with van der Waals surface area (Å²) in [5.74, 6) is 0.745. The van der Waals surface area contributed by atoms with Gasteiger partial charge < -0.3 is 20.5 Å². The lowest BCUT2D eigenvalue weighted by molar-refractivity contribution is 0.0961. The van der Waals surface area contributed by atoms with E-state index in [1.807, 2.05) is 47.8 Å². The number of methoxy groups -OCH3 is 1. The van der Waals surface area contributed by atoms with Crippen LogP contribution in [0, 0.1) is 0 Å². The fourth-order valence-electron chi connectivity index (χ4n) is 4.64. The molecule has 2 amide bonds. The third kappa shape index (κ3) is 8.83. The Morgan fingerprint density at radius 1 is 0.974 bits per heavy atom. The molecule has 9 heteroatoms. The normalized spacial score (nSPS) is 14.2. The molecule has 210 valence electrons. The van der Waals surface area contributed by atoms with Gasteiger partial charge in [0.05, 0.1) is 17.6 Å². The van der Waals surface area contributed by atoms with E-state index in [4.69, 9.17) is 9.84 Å². The summed E-state index contributed by atoms with van der Waals surface area (Å²) in [5.41, 5.74) is 3.66. The van der Waals surface area contributed by atoms with E-state index in [2.05, 4.69) is 15.4 Å². The van der Waals surface area contributed by atoms with E-state index in [0.717, 1.165) is 41.8 Å². The number of hydrogen-bond donors (Lipinski definition) is 4. The number of thiophene rings is 1. The lowest BCUT2D eigenvalue weighted by Gasteiger charge is -2.14. The zero-order chi connectivity index (χ0) is 28.0. The summed E-state index contributed by atoms with van der Waals surface area (Å²) in [6.45, 7) is 0. The van der Waals surface area contributed by atoms with Crippen LogP contribution in [0.2, 0.25) is 0 Å². The first kappa shape index (κ1) is 30.7. The van der Waals surface area contributed by atoms with Crippen molar-refractivity contribution in [3.63, 3.8) is 0 Å². The number of carbonyl (C=O) groups is 2. The van der Waals surface area contributed by atoms with E-state index >= 15 is 0 Å². The molecule has 0 saturated heterocycles. The van der Waals surface area contributed by atoms with Gasteiger partial charge in [-0.1, -0.05) is 31.0 Å². The minimum Gasteiger partial charge on any atom is -0.496 e. The molecule has 0 bridgehead atoms. The van der Waals surface area contributed by atoms with Crippen molar-refractivity contribution in [3.8, 4) is 5.75 Å². The first-order chi connectivity index (χ1) is 19.1. The van der Waals surface area contributed by atoms with E-state index in [1.165, 1.54) is 49.0 Å². The molecule has 1 aromatic heterocycles. The third-order valence-corrected chi connectivity index (χ3v) is 8.76. The summed E-state index contributed by atoms with van der Waals surface area (Å²) in [6.07, 6.45) is 9.70. The molecule has 1 fully saturated rings. The summed E-state index contributed by atoms with van der Waals surface area (Å²) in [6, 6.07) is 15.7. The number of fused-ring (bicyclic) bond motifs is 1. The van der Waals surface area contributed by atoms with Gasteiger partial charge in [0.1, 0.15) is 5.75 Å². The van der Waals surface area contributed by atoms with Gasteiger partial charge in [-0.2, -0.15) is 0 Å². The monoisotopic (exact) mass is 569 g/mol. The number of rotatable bonds is 7. The van der Waals surface area contributed by atoms with Gasteiger partial charge >= 0.3 is 0 Å². The molecule has 1 heterocycles. The van der Waals surface area contributed by atoms with Crippen molar-refractivity contribution < 1.29 is 19.4 Å². The quantitative estimate of drug-likeness (QED) is 0.257. The summed E-state index contributed by atoms with van der Waals surface area (Å²) in [7, 11) is 4.28. The second-order valence-corrected chi connectivity index (χ2v) is 11.1. The van der Waals surface area contributed by atoms with Gasteiger partial charge in [0.25, 0.3) is 11.8 Å². The molecule has 7 nitrogen and oxygen atoms in total. The molecule has 3 aromatic rings. The van der Waals surface area contributed by atoms with Crippen LogP contribution in [0.1, 0.15) is 69.7 Å². The molecule has 0 aliphatic heterocycles. The first-order valence-electron chi connectivity index (χ1n) is 13.3. The first-order valence-corrected chi connectivity index (χ1v) is 15.0. The number of carbonyl (C=O) groups excluding carboxylic acids is 2. The lowest BCUT2D eigenvalue weighted by Crippen LogP contribution is -2.19. The molecule has 0 atom stereocenters. The highest BCUT2D eigenvalue weighted by molar-refractivity contribution is 7.97. The van der Waals surface area contributed by atoms with Crippen LogP contribution < -0.4 is 20.1 Å². The minimum absolute atomic E-state index is 0.0283. The molecule has 2 aromatic carbocycles. The highest BCUT2D eigenvalue weighted by atomic mass is 32.2. The second kappa shape index (κ2) is 16.3. The summed E-state index contributed by atoms with van der Waals surface area (Å²) < 4.78 is 8.80. The molecule has 0 spiro atoms. The highest BCUT2D eigenvalue weighted by Crippen LogP contribution is 2.31. The maximum Gasteiger partial charge on any atom is 0.256 e. The van der Waals surface area contributed by atoms with Crippen molar-refractivity contribution in [2.45, 2.75) is 62.3 Å². The summed E-state index contributed by atoms with van der Waals surface area (Å²) in [5, 5.41) is 14.6.